The number of ether oxygens (including phenoxy) is 1. The molecule has 0 radical (unpaired) electrons. The van der Waals surface area contributed by atoms with Crippen molar-refractivity contribution in [2.45, 2.75) is 38.5 Å². The van der Waals surface area contributed by atoms with Crippen LogP contribution >= 0.6 is 11.3 Å². The van der Waals surface area contributed by atoms with Gasteiger partial charge >= 0.3 is 5.97 Å². The highest BCUT2D eigenvalue weighted by molar-refractivity contribution is 7.09. The number of hydrogen-bond acceptors (Lipinski definition) is 5. The Bertz CT molecular complexity index is 460. The first-order chi connectivity index (χ1) is 8.56. The Morgan fingerprint density at radius 3 is 2.94 bits per heavy atom. The van der Waals surface area contributed by atoms with E-state index in [9.17, 15) is 9.59 Å². The van der Waals surface area contributed by atoms with E-state index in [4.69, 9.17) is 9.84 Å². The maximum absolute atomic E-state index is 11.7. The van der Waals surface area contributed by atoms with E-state index in [1.54, 1.807) is 0 Å². The van der Waals surface area contributed by atoms with E-state index in [2.05, 4.69) is 10.3 Å². The van der Waals surface area contributed by atoms with Gasteiger partial charge in [0.05, 0.1) is 12.6 Å². The van der Waals surface area contributed by atoms with Gasteiger partial charge in [-0.2, -0.15) is 0 Å². The number of rotatable bonds is 4. The number of hydrogen-bond donors (Lipinski definition) is 2. The number of aromatic carboxylic acids is 1. The molecule has 0 aromatic carbocycles. The molecule has 18 heavy (non-hydrogen) atoms. The first-order valence-electron chi connectivity index (χ1n) is 5.67. The molecular formula is C11H14N2O4S. The van der Waals surface area contributed by atoms with Gasteiger partial charge in [0, 0.05) is 5.38 Å². The third-order valence-corrected chi connectivity index (χ3v) is 3.56. The third kappa shape index (κ3) is 3.05. The number of amides is 1. The summed E-state index contributed by atoms with van der Waals surface area (Å²) in [6.45, 7) is 2.18. The number of carboxylic acid groups (broad SMARTS) is 1. The van der Waals surface area contributed by atoms with E-state index in [1.807, 2.05) is 6.92 Å². The summed E-state index contributed by atoms with van der Waals surface area (Å²) in [5, 5.41) is 13.5. The van der Waals surface area contributed by atoms with Crippen molar-refractivity contribution in [2.75, 3.05) is 0 Å². The van der Waals surface area contributed by atoms with Crippen molar-refractivity contribution < 1.29 is 19.4 Å². The number of carbonyl (C=O) groups is 2. The second-order valence-corrected chi connectivity index (χ2v) is 5.10. The molecule has 98 valence electrons. The standard InChI is InChI=1S/C11H14N2O4S/c1-6-2-3-8(17-6)10(14)12-4-9-13-7(5-18-9)11(15)16/h5-6,8H,2-4H2,1H3,(H,12,14)(H,15,16)/t6-,8-/m0/s1. The Morgan fingerprint density at radius 2 is 2.39 bits per heavy atom. The van der Waals surface area contributed by atoms with Gasteiger partial charge in [0.1, 0.15) is 11.1 Å². The van der Waals surface area contributed by atoms with Crippen LogP contribution in [0.25, 0.3) is 0 Å². The summed E-state index contributed by atoms with van der Waals surface area (Å²) in [6, 6.07) is 0. The summed E-state index contributed by atoms with van der Waals surface area (Å²) in [6.07, 6.45) is 1.35. The van der Waals surface area contributed by atoms with E-state index >= 15 is 0 Å². The van der Waals surface area contributed by atoms with Crippen molar-refractivity contribution in [1.82, 2.24) is 10.3 Å². The minimum atomic E-state index is -1.06. The maximum Gasteiger partial charge on any atom is 0.355 e. The van der Waals surface area contributed by atoms with Crippen molar-refractivity contribution in [1.29, 1.82) is 0 Å². The topological polar surface area (TPSA) is 88.5 Å². The van der Waals surface area contributed by atoms with Gasteiger partial charge in [0.2, 0.25) is 5.91 Å². The molecule has 1 aliphatic rings. The number of nitrogens with one attached hydrogen (secondary N) is 1. The lowest BCUT2D eigenvalue weighted by Crippen LogP contribution is -2.34. The highest BCUT2D eigenvalue weighted by Crippen LogP contribution is 2.19. The molecular weight excluding hydrogens is 256 g/mol. The van der Waals surface area contributed by atoms with Crippen LogP contribution in [-0.2, 0) is 16.1 Å². The summed E-state index contributed by atoms with van der Waals surface area (Å²) >= 11 is 1.22. The van der Waals surface area contributed by atoms with E-state index in [-0.39, 0.29) is 30.4 Å². The Kier molecular flexibility index (Phi) is 3.93. The largest absolute Gasteiger partial charge is 0.476 e. The molecule has 1 saturated heterocycles. The van der Waals surface area contributed by atoms with Crippen LogP contribution in [0.15, 0.2) is 5.38 Å². The lowest BCUT2D eigenvalue weighted by atomic mass is 10.2. The Hall–Kier alpha value is -1.47. The predicted octanol–water partition coefficient (Wildman–Crippen LogP) is 1.02. The van der Waals surface area contributed by atoms with Crippen LogP contribution in [0.4, 0.5) is 0 Å². The fourth-order valence-corrected chi connectivity index (χ4v) is 2.47. The van der Waals surface area contributed by atoms with Crippen molar-refractivity contribution in [3.8, 4) is 0 Å². The summed E-state index contributed by atoms with van der Waals surface area (Å²) in [5.74, 6) is -1.22. The van der Waals surface area contributed by atoms with E-state index < -0.39 is 5.97 Å². The smallest absolute Gasteiger partial charge is 0.355 e. The van der Waals surface area contributed by atoms with Crippen LogP contribution in [0.5, 0.6) is 0 Å². The molecule has 2 rings (SSSR count). The van der Waals surface area contributed by atoms with Gasteiger partial charge in [-0.3, -0.25) is 4.79 Å². The van der Waals surface area contributed by atoms with Crippen LogP contribution < -0.4 is 5.32 Å². The molecule has 1 fully saturated rings. The van der Waals surface area contributed by atoms with E-state index in [1.165, 1.54) is 16.7 Å². The number of carboxylic acids is 1. The molecule has 0 unspecified atom stereocenters. The highest BCUT2D eigenvalue weighted by atomic mass is 32.1. The number of aromatic nitrogens is 1. The average molecular weight is 270 g/mol. The highest BCUT2D eigenvalue weighted by Gasteiger charge is 2.27. The Morgan fingerprint density at radius 1 is 1.61 bits per heavy atom. The average Bonchev–Trinajstić information content (AvgIpc) is 2.94. The second kappa shape index (κ2) is 5.45. The SMILES string of the molecule is C[C@H]1CC[C@@H](C(=O)NCc2nc(C(=O)O)cs2)O1. The molecule has 0 bridgehead atoms. The van der Waals surface area contributed by atoms with Gasteiger partial charge in [-0.05, 0) is 19.8 Å². The quantitative estimate of drug-likeness (QED) is 0.853. The first-order valence-corrected chi connectivity index (χ1v) is 6.55. The normalized spacial score (nSPS) is 22.9. The van der Waals surface area contributed by atoms with Crippen molar-refractivity contribution in [2.24, 2.45) is 0 Å². The van der Waals surface area contributed by atoms with Crippen molar-refractivity contribution in [3.05, 3.63) is 16.1 Å². The minimum Gasteiger partial charge on any atom is -0.476 e. The fourth-order valence-electron chi connectivity index (χ4n) is 1.76. The van der Waals surface area contributed by atoms with E-state index in [0.29, 0.717) is 5.01 Å². The molecule has 1 aromatic heterocycles. The maximum atomic E-state index is 11.7. The Balaban J connectivity index is 1.83. The van der Waals surface area contributed by atoms with Gasteiger partial charge in [-0.1, -0.05) is 0 Å². The molecule has 1 aliphatic heterocycles. The molecule has 1 amide bonds. The van der Waals surface area contributed by atoms with E-state index in [0.717, 1.165) is 12.8 Å². The van der Waals surface area contributed by atoms with Crippen LogP contribution in [0.1, 0.15) is 35.3 Å². The number of carbonyl (C=O) groups excluding carboxylic acids is 1. The zero-order chi connectivity index (χ0) is 13.1. The van der Waals surface area contributed by atoms with Crippen LogP contribution in [0.3, 0.4) is 0 Å². The molecule has 0 saturated carbocycles. The van der Waals surface area contributed by atoms with Crippen molar-refractivity contribution in [3.63, 3.8) is 0 Å². The molecule has 6 nitrogen and oxygen atoms in total. The molecule has 1 aromatic rings. The third-order valence-electron chi connectivity index (χ3n) is 2.71. The van der Waals surface area contributed by atoms with Crippen LogP contribution in [0, 0.1) is 0 Å². The first kappa shape index (κ1) is 13.0. The second-order valence-electron chi connectivity index (χ2n) is 4.16. The van der Waals surface area contributed by atoms with Gasteiger partial charge in [0.25, 0.3) is 0 Å². The van der Waals surface area contributed by atoms with Crippen LogP contribution in [0.2, 0.25) is 0 Å². The number of thiazole rings is 1. The monoisotopic (exact) mass is 270 g/mol. The van der Waals surface area contributed by atoms with Crippen molar-refractivity contribution >= 4 is 23.2 Å². The van der Waals surface area contributed by atoms with Crippen LogP contribution in [-0.4, -0.2) is 34.2 Å². The van der Waals surface area contributed by atoms with Gasteiger partial charge in [-0.25, -0.2) is 9.78 Å². The lowest BCUT2D eigenvalue weighted by Gasteiger charge is -2.10. The van der Waals surface area contributed by atoms with Gasteiger partial charge < -0.3 is 15.2 Å². The summed E-state index contributed by atoms with van der Waals surface area (Å²) < 4.78 is 5.43. The summed E-state index contributed by atoms with van der Waals surface area (Å²) in [7, 11) is 0. The predicted molar refractivity (Wildman–Crippen MR) is 64.5 cm³/mol. The molecule has 0 aliphatic carbocycles. The zero-order valence-corrected chi connectivity index (χ0v) is 10.7. The Labute approximate surface area is 108 Å². The fraction of sp³-hybridized carbons (Fsp3) is 0.545. The molecule has 0 spiro atoms. The van der Waals surface area contributed by atoms with Gasteiger partial charge in [-0.15, -0.1) is 11.3 Å². The zero-order valence-electron chi connectivity index (χ0n) is 9.88. The molecule has 7 heteroatoms. The molecule has 2 atom stereocenters. The molecule has 2 N–H and O–H groups in total. The summed E-state index contributed by atoms with van der Waals surface area (Å²) in [4.78, 5) is 26.3. The minimum absolute atomic E-state index is 0.00925. The summed E-state index contributed by atoms with van der Waals surface area (Å²) in [5.41, 5.74) is 0.00925. The number of nitrogens with zero attached hydrogens (tertiary/aromatic N) is 1. The van der Waals surface area contributed by atoms with Gasteiger partial charge in [0.15, 0.2) is 5.69 Å². The molecule has 2 heterocycles. The lowest BCUT2D eigenvalue weighted by molar-refractivity contribution is -0.131.